The van der Waals surface area contributed by atoms with Gasteiger partial charge in [0.15, 0.2) is 71.1 Å². The molecule has 90 heavy (non-hydrogen) atoms. The average molecular weight is 1260 g/mol. The second-order valence-electron chi connectivity index (χ2n) is 23.5. The first-order valence-electron chi connectivity index (χ1n) is 34.0. The quantitative estimate of drug-likeness (QED) is 0.0174. The lowest BCUT2D eigenvalue weighted by Gasteiger charge is -2.21. The van der Waals surface area contributed by atoms with Gasteiger partial charge in [0.2, 0.25) is 0 Å². The van der Waals surface area contributed by atoms with E-state index in [4.69, 9.17) is 56.8 Å². The predicted octanol–water partition coefficient (Wildman–Crippen LogP) is 16.5. The number of benzene rings is 4. The van der Waals surface area contributed by atoms with E-state index in [9.17, 15) is 28.8 Å². The monoisotopic (exact) mass is 1260 g/mol. The summed E-state index contributed by atoms with van der Waals surface area (Å²) in [5, 5.41) is 2.02. The Hall–Kier alpha value is -5.76. The molecule has 4 aromatic rings. The van der Waals surface area contributed by atoms with Crippen LogP contribution in [0.25, 0.3) is 32.3 Å². The molecule has 0 heterocycles. The Morgan fingerprint density at radius 3 is 0.489 bits per heavy atom. The fraction of sp³-hybridized carbons (Fsp3) is 0.667. The van der Waals surface area contributed by atoms with Gasteiger partial charge in [0.05, 0.1) is 0 Å². The van der Waals surface area contributed by atoms with Crippen LogP contribution >= 0.6 is 0 Å². The number of unbranched alkanes of at least 4 members (excludes halogenated alkanes) is 18. The molecule has 0 aliphatic rings. The Morgan fingerprint density at radius 2 is 0.367 bits per heavy atom. The van der Waals surface area contributed by atoms with Crippen LogP contribution in [0.4, 0.5) is 0 Å². The molecule has 6 unspecified atom stereocenters. The van der Waals surface area contributed by atoms with Crippen LogP contribution in [0.2, 0.25) is 0 Å². The summed E-state index contributed by atoms with van der Waals surface area (Å²) < 4.78 is 72.8. The Morgan fingerprint density at radius 1 is 0.233 bits per heavy atom. The first-order valence-corrected chi connectivity index (χ1v) is 34.0. The highest BCUT2D eigenvalue weighted by Gasteiger charge is 2.30. The standard InChI is InChI=1S/C72H108O18/c1-13-19-25-31-37-79-49(7)67(73)85-61-43-55-56(44-62(61)86-68(74)50(8)80-38-32-26-20-14-2)58-46-64(88-70(76)52(10)82-40-34-28-22-16-4)66(90-72(78)54(12)84-42-36-30-24-18-6)48-60(58)59-47-65(89-71(77)53(11)83-41-35-29-23-17-5)63(45-57(55)59)87-69(75)51(9)81-39-33-27-21-15-3/h43-54H,13-42H2,1-12H3. The highest BCUT2D eigenvalue weighted by atomic mass is 16.6. The topological polar surface area (TPSA) is 213 Å². The third kappa shape index (κ3) is 26.1. The van der Waals surface area contributed by atoms with Crippen molar-refractivity contribution in [2.45, 2.75) is 274 Å². The molecule has 6 atom stereocenters. The molecule has 504 valence electrons. The van der Waals surface area contributed by atoms with E-state index in [2.05, 4.69) is 41.5 Å². The van der Waals surface area contributed by atoms with Crippen LogP contribution in [0.1, 0.15) is 237 Å². The molecule has 0 aliphatic heterocycles. The van der Waals surface area contributed by atoms with Crippen LogP contribution in [0.3, 0.4) is 0 Å². The highest BCUT2D eigenvalue weighted by Crippen LogP contribution is 2.48. The van der Waals surface area contributed by atoms with E-state index in [-0.39, 0.29) is 34.5 Å². The summed E-state index contributed by atoms with van der Waals surface area (Å²) in [7, 11) is 0. The smallest absolute Gasteiger partial charge is 0.340 e. The van der Waals surface area contributed by atoms with Gasteiger partial charge in [-0.1, -0.05) is 157 Å². The van der Waals surface area contributed by atoms with Crippen LogP contribution in [0.15, 0.2) is 36.4 Å². The molecule has 18 heteroatoms. The van der Waals surface area contributed by atoms with Gasteiger partial charge in [0, 0.05) is 39.6 Å². The number of rotatable bonds is 48. The second kappa shape index (κ2) is 43.1. The minimum atomic E-state index is -1.04. The van der Waals surface area contributed by atoms with Gasteiger partial charge in [-0.3, -0.25) is 0 Å². The number of fused-ring (bicyclic) bond motifs is 6. The van der Waals surface area contributed by atoms with Crippen molar-refractivity contribution in [3.05, 3.63) is 36.4 Å². The fourth-order valence-electron chi connectivity index (χ4n) is 9.79. The van der Waals surface area contributed by atoms with E-state index in [0.717, 1.165) is 154 Å². The average Bonchev–Trinajstić information content (AvgIpc) is 0.728. The Balaban J connectivity index is 2.14. The largest absolute Gasteiger partial charge is 0.421 e. The Labute approximate surface area is 536 Å². The molecule has 18 nitrogen and oxygen atoms in total. The normalized spacial score (nSPS) is 13.6. The summed E-state index contributed by atoms with van der Waals surface area (Å²) in [6.45, 7) is 23.9. The molecule has 4 rings (SSSR count). The summed E-state index contributed by atoms with van der Waals surface area (Å²) in [5.41, 5.74) is 0. The maximum atomic E-state index is 14.2. The molecule has 0 fully saturated rings. The first kappa shape index (κ1) is 76.7. The number of hydrogen-bond acceptors (Lipinski definition) is 18. The van der Waals surface area contributed by atoms with Crippen molar-refractivity contribution >= 4 is 68.1 Å². The number of carbonyl (C=O) groups excluding carboxylic acids is 6. The molecule has 0 saturated carbocycles. The van der Waals surface area contributed by atoms with Gasteiger partial charge in [-0.2, -0.15) is 0 Å². The molecule has 0 N–H and O–H groups in total. The van der Waals surface area contributed by atoms with Crippen LogP contribution in [0.5, 0.6) is 34.5 Å². The van der Waals surface area contributed by atoms with E-state index in [1.165, 1.54) is 36.4 Å². The molecule has 0 aliphatic carbocycles. The van der Waals surface area contributed by atoms with Gasteiger partial charge in [0.1, 0.15) is 0 Å². The van der Waals surface area contributed by atoms with Crippen molar-refractivity contribution in [2.24, 2.45) is 0 Å². The summed E-state index contributed by atoms with van der Waals surface area (Å²) in [6, 6.07) is 9.10. The zero-order valence-corrected chi connectivity index (χ0v) is 56.5. The number of carbonyl (C=O) groups is 6. The van der Waals surface area contributed by atoms with Gasteiger partial charge < -0.3 is 56.8 Å². The Bertz CT molecular complexity index is 2310. The maximum absolute atomic E-state index is 14.2. The van der Waals surface area contributed by atoms with Crippen molar-refractivity contribution in [1.29, 1.82) is 0 Å². The molecule has 0 saturated heterocycles. The third-order valence-corrected chi connectivity index (χ3v) is 15.6. The van der Waals surface area contributed by atoms with Gasteiger partial charge in [-0.15, -0.1) is 0 Å². The van der Waals surface area contributed by atoms with E-state index in [1.807, 2.05) is 0 Å². The summed E-state index contributed by atoms with van der Waals surface area (Å²) in [4.78, 5) is 85.0. The number of hydrogen-bond donors (Lipinski definition) is 0. The summed E-state index contributed by atoms with van der Waals surface area (Å²) >= 11 is 0. The molecule has 0 radical (unpaired) electrons. The Kier molecular flexibility index (Phi) is 36.8. The van der Waals surface area contributed by atoms with Crippen molar-refractivity contribution in [3.63, 3.8) is 0 Å². The van der Waals surface area contributed by atoms with E-state index in [1.54, 1.807) is 41.5 Å². The van der Waals surface area contributed by atoms with Gasteiger partial charge >= 0.3 is 35.8 Å². The van der Waals surface area contributed by atoms with E-state index >= 15 is 0 Å². The lowest BCUT2D eigenvalue weighted by Crippen LogP contribution is -2.28. The van der Waals surface area contributed by atoms with Crippen LogP contribution < -0.4 is 28.4 Å². The minimum absolute atomic E-state index is 0.173. The molecule has 0 bridgehead atoms. The molecule has 0 amide bonds. The molecule has 0 spiro atoms. The van der Waals surface area contributed by atoms with Gasteiger partial charge in [-0.25, -0.2) is 28.8 Å². The second-order valence-corrected chi connectivity index (χ2v) is 23.5. The maximum Gasteiger partial charge on any atom is 0.340 e. The van der Waals surface area contributed by atoms with Crippen molar-refractivity contribution in [2.75, 3.05) is 39.6 Å². The molecule has 4 aromatic carbocycles. The highest BCUT2D eigenvalue weighted by molar-refractivity contribution is 6.27. The zero-order chi connectivity index (χ0) is 65.8. The minimum Gasteiger partial charge on any atom is -0.421 e. The van der Waals surface area contributed by atoms with Crippen LogP contribution in [-0.2, 0) is 57.2 Å². The molecule has 0 aromatic heterocycles. The van der Waals surface area contributed by atoms with Crippen molar-refractivity contribution < 1.29 is 85.6 Å². The predicted molar refractivity (Wildman–Crippen MR) is 350 cm³/mol. The SMILES string of the molecule is CCCCCCOC(C)C(=O)Oc1cc2c3cc(OC(=O)C(C)OCCCCCC)c(OC(=O)C(C)OCCCCCC)cc3c3cc(OC(=O)C(C)OCCCCCC)c(OC(=O)C(C)OCCCCCC)cc3c2cc1OC(=O)C(C)OCCCCCC. The van der Waals surface area contributed by atoms with E-state index in [0.29, 0.717) is 72.0 Å². The first-order chi connectivity index (χ1) is 43.4. The number of esters is 6. The lowest BCUT2D eigenvalue weighted by molar-refractivity contribution is -0.149. The summed E-state index contributed by atoms with van der Waals surface area (Å²) in [5.74, 6) is -5.69. The van der Waals surface area contributed by atoms with Gasteiger partial charge in [-0.05, 0) is 149 Å². The molecular weight excluding hydrogens is 1150 g/mol. The molecular formula is C72H108O18. The van der Waals surface area contributed by atoms with Crippen LogP contribution in [0, 0.1) is 0 Å². The van der Waals surface area contributed by atoms with Crippen molar-refractivity contribution in [3.8, 4) is 34.5 Å². The van der Waals surface area contributed by atoms with Gasteiger partial charge in [0.25, 0.3) is 0 Å². The number of ether oxygens (including phenoxy) is 12. The zero-order valence-electron chi connectivity index (χ0n) is 56.5. The fourth-order valence-corrected chi connectivity index (χ4v) is 9.79. The summed E-state index contributed by atoms with van der Waals surface area (Å²) in [6.07, 6.45) is 15.8. The third-order valence-electron chi connectivity index (χ3n) is 15.6. The van der Waals surface area contributed by atoms with Crippen molar-refractivity contribution in [1.82, 2.24) is 0 Å². The lowest BCUT2D eigenvalue weighted by atomic mass is 9.93. The van der Waals surface area contributed by atoms with E-state index < -0.39 is 72.4 Å². The van der Waals surface area contributed by atoms with Crippen LogP contribution in [-0.4, -0.2) is 112 Å².